The number of thiophene rings is 1. The molecule has 2 N–H and O–H groups in total. The average molecular weight is 336 g/mol. The first-order valence-electron chi connectivity index (χ1n) is 6.03. The third kappa shape index (κ3) is 4.97. The second-order valence-corrected chi connectivity index (χ2v) is 7.50. The van der Waals surface area contributed by atoms with Gasteiger partial charge in [-0.15, -0.1) is 11.3 Å². The fourth-order valence-electron chi connectivity index (χ4n) is 1.51. The van der Waals surface area contributed by atoms with Crippen molar-refractivity contribution in [1.82, 2.24) is 0 Å². The number of nitrogens with two attached hydrogens (primary N) is 1. The fraction of sp³-hybridized carbons (Fsp3) is 0.692. The third-order valence-corrected chi connectivity index (χ3v) is 4.59. The second kappa shape index (κ2) is 7.01. The van der Waals surface area contributed by atoms with Crippen LogP contribution in [0.15, 0.2) is 15.9 Å². The molecule has 0 saturated heterocycles. The van der Waals surface area contributed by atoms with Gasteiger partial charge >= 0.3 is 0 Å². The molecular formula is C13H22BrNO2S. The Kier molecular flexibility index (Phi) is 6.27. The van der Waals surface area contributed by atoms with Gasteiger partial charge in [-0.1, -0.05) is 0 Å². The largest absolute Gasteiger partial charge is 0.379 e. The molecule has 0 radical (unpaired) electrons. The quantitative estimate of drug-likeness (QED) is 0.825. The van der Waals surface area contributed by atoms with Gasteiger partial charge in [0.25, 0.3) is 0 Å². The topological polar surface area (TPSA) is 44.5 Å². The molecule has 1 rings (SSSR count). The maximum atomic E-state index is 6.00. The van der Waals surface area contributed by atoms with E-state index >= 15 is 0 Å². The summed E-state index contributed by atoms with van der Waals surface area (Å²) in [7, 11) is 1.72. The molecule has 0 fully saturated rings. The monoisotopic (exact) mass is 335 g/mol. The predicted octanol–water partition coefficient (Wildman–Crippen LogP) is 3.73. The lowest BCUT2D eigenvalue weighted by Crippen LogP contribution is -2.29. The molecule has 1 aromatic rings. The van der Waals surface area contributed by atoms with Gasteiger partial charge in [-0.3, -0.25) is 0 Å². The summed E-state index contributed by atoms with van der Waals surface area (Å²) >= 11 is 5.13. The van der Waals surface area contributed by atoms with Crippen molar-refractivity contribution in [2.45, 2.75) is 44.9 Å². The summed E-state index contributed by atoms with van der Waals surface area (Å²) in [6.45, 7) is 6.72. The van der Waals surface area contributed by atoms with Crippen LogP contribution in [0.5, 0.6) is 0 Å². The molecule has 0 aliphatic rings. The SMILES string of the molecule is COC(C)(C)CCOC(c1ccc(Br)s1)C(C)N. The molecule has 0 aliphatic heterocycles. The highest BCUT2D eigenvalue weighted by atomic mass is 79.9. The lowest BCUT2D eigenvalue weighted by molar-refractivity contribution is -0.0309. The highest BCUT2D eigenvalue weighted by Gasteiger charge is 2.21. The molecule has 0 bridgehead atoms. The van der Waals surface area contributed by atoms with Crippen molar-refractivity contribution in [1.29, 1.82) is 0 Å². The van der Waals surface area contributed by atoms with E-state index in [0.717, 1.165) is 15.1 Å². The van der Waals surface area contributed by atoms with E-state index in [2.05, 4.69) is 35.8 Å². The van der Waals surface area contributed by atoms with Gasteiger partial charge in [0.2, 0.25) is 0 Å². The van der Waals surface area contributed by atoms with Gasteiger partial charge in [0.1, 0.15) is 6.10 Å². The molecule has 104 valence electrons. The summed E-state index contributed by atoms with van der Waals surface area (Å²) in [5, 5.41) is 0. The predicted molar refractivity (Wildman–Crippen MR) is 80.1 cm³/mol. The van der Waals surface area contributed by atoms with E-state index in [-0.39, 0.29) is 17.7 Å². The van der Waals surface area contributed by atoms with Crippen molar-refractivity contribution in [2.24, 2.45) is 5.73 Å². The molecule has 2 atom stereocenters. The number of methoxy groups -OCH3 is 1. The Morgan fingerprint density at radius 1 is 1.44 bits per heavy atom. The minimum Gasteiger partial charge on any atom is -0.379 e. The van der Waals surface area contributed by atoms with Gasteiger partial charge < -0.3 is 15.2 Å². The fourth-order valence-corrected chi connectivity index (χ4v) is 3.10. The van der Waals surface area contributed by atoms with Gasteiger partial charge in [0.15, 0.2) is 0 Å². The van der Waals surface area contributed by atoms with Crippen LogP contribution in [0.3, 0.4) is 0 Å². The van der Waals surface area contributed by atoms with Crippen LogP contribution in [0.25, 0.3) is 0 Å². The molecule has 0 aromatic carbocycles. The Hall–Kier alpha value is 0.0600. The number of halogens is 1. The van der Waals surface area contributed by atoms with E-state index < -0.39 is 0 Å². The van der Waals surface area contributed by atoms with E-state index in [1.807, 2.05) is 13.0 Å². The van der Waals surface area contributed by atoms with E-state index in [1.165, 1.54) is 0 Å². The first kappa shape index (κ1) is 16.1. The van der Waals surface area contributed by atoms with E-state index in [9.17, 15) is 0 Å². The first-order valence-corrected chi connectivity index (χ1v) is 7.64. The smallest absolute Gasteiger partial charge is 0.106 e. The van der Waals surface area contributed by atoms with Crippen molar-refractivity contribution < 1.29 is 9.47 Å². The summed E-state index contributed by atoms with van der Waals surface area (Å²) in [5.74, 6) is 0. The molecule has 0 amide bonds. The Bertz CT molecular complexity index is 366. The van der Waals surface area contributed by atoms with Gasteiger partial charge in [-0.2, -0.15) is 0 Å². The molecule has 5 heteroatoms. The van der Waals surface area contributed by atoms with Crippen LogP contribution in [-0.4, -0.2) is 25.4 Å². The molecule has 2 unspecified atom stereocenters. The van der Waals surface area contributed by atoms with Crippen molar-refractivity contribution in [3.8, 4) is 0 Å². The number of hydrogen-bond donors (Lipinski definition) is 1. The number of hydrogen-bond acceptors (Lipinski definition) is 4. The first-order chi connectivity index (χ1) is 8.35. The maximum absolute atomic E-state index is 6.00. The molecule has 3 nitrogen and oxygen atoms in total. The van der Waals surface area contributed by atoms with Crippen LogP contribution in [0.4, 0.5) is 0 Å². The lowest BCUT2D eigenvalue weighted by Gasteiger charge is -2.25. The molecular weight excluding hydrogens is 314 g/mol. The zero-order valence-corrected chi connectivity index (χ0v) is 13.8. The van der Waals surface area contributed by atoms with Crippen LogP contribution < -0.4 is 5.73 Å². The minimum atomic E-state index is -0.154. The molecule has 18 heavy (non-hydrogen) atoms. The number of rotatable bonds is 7. The Balaban J connectivity index is 2.55. The summed E-state index contributed by atoms with van der Waals surface area (Å²) in [6, 6.07) is 4.06. The van der Waals surface area contributed by atoms with Gasteiger partial charge in [-0.25, -0.2) is 0 Å². The molecule has 0 spiro atoms. The van der Waals surface area contributed by atoms with Gasteiger partial charge in [0, 0.05) is 18.0 Å². The summed E-state index contributed by atoms with van der Waals surface area (Å²) < 4.78 is 12.4. The minimum absolute atomic E-state index is 0.0267. The van der Waals surface area contributed by atoms with E-state index in [1.54, 1.807) is 18.4 Å². The van der Waals surface area contributed by atoms with Gasteiger partial charge in [0.05, 0.1) is 16.0 Å². The van der Waals surface area contributed by atoms with Crippen LogP contribution in [-0.2, 0) is 9.47 Å². The van der Waals surface area contributed by atoms with Crippen LogP contribution in [0.1, 0.15) is 38.2 Å². The molecule has 0 saturated carbocycles. The molecule has 0 aliphatic carbocycles. The average Bonchev–Trinajstić information content (AvgIpc) is 2.70. The third-order valence-electron chi connectivity index (χ3n) is 2.91. The van der Waals surface area contributed by atoms with Crippen LogP contribution >= 0.6 is 27.3 Å². The zero-order chi connectivity index (χ0) is 13.8. The normalized spacial score (nSPS) is 15.7. The van der Waals surface area contributed by atoms with Crippen molar-refractivity contribution >= 4 is 27.3 Å². The zero-order valence-electron chi connectivity index (χ0n) is 11.4. The van der Waals surface area contributed by atoms with Crippen molar-refractivity contribution in [2.75, 3.05) is 13.7 Å². The Labute approximate surface area is 122 Å². The Morgan fingerprint density at radius 2 is 2.11 bits per heavy atom. The molecule has 1 heterocycles. The lowest BCUT2D eigenvalue weighted by atomic mass is 10.1. The van der Waals surface area contributed by atoms with Gasteiger partial charge in [-0.05, 0) is 55.3 Å². The number of ether oxygens (including phenoxy) is 2. The highest BCUT2D eigenvalue weighted by Crippen LogP contribution is 2.31. The maximum Gasteiger partial charge on any atom is 0.106 e. The Morgan fingerprint density at radius 3 is 2.56 bits per heavy atom. The van der Waals surface area contributed by atoms with Crippen LogP contribution in [0.2, 0.25) is 0 Å². The van der Waals surface area contributed by atoms with Crippen molar-refractivity contribution in [3.05, 3.63) is 20.8 Å². The second-order valence-electron chi connectivity index (χ2n) is 5.01. The van der Waals surface area contributed by atoms with Crippen molar-refractivity contribution in [3.63, 3.8) is 0 Å². The van der Waals surface area contributed by atoms with E-state index in [4.69, 9.17) is 15.2 Å². The summed E-state index contributed by atoms with van der Waals surface area (Å²) in [6.07, 6.45) is 0.799. The van der Waals surface area contributed by atoms with Crippen LogP contribution in [0, 0.1) is 0 Å². The summed E-state index contributed by atoms with van der Waals surface area (Å²) in [4.78, 5) is 1.16. The standard InChI is InChI=1S/C13H22BrNO2S/c1-9(15)12(10-5-6-11(14)18-10)17-8-7-13(2,3)16-4/h5-6,9,12H,7-8,15H2,1-4H3. The summed E-state index contributed by atoms with van der Waals surface area (Å²) in [5.41, 5.74) is 5.84. The molecule has 1 aromatic heterocycles. The highest BCUT2D eigenvalue weighted by molar-refractivity contribution is 9.11. The van der Waals surface area contributed by atoms with E-state index in [0.29, 0.717) is 6.61 Å².